The molecular formula is C25H26F3NO2S2. The zero-order valence-electron chi connectivity index (χ0n) is 18.4. The van der Waals surface area contributed by atoms with Gasteiger partial charge >= 0.3 is 6.18 Å². The fourth-order valence-electron chi connectivity index (χ4n) is 3.40. The van der Waals surface area contributed by atoms with Gasteiger partial charge in [0.15, 0.2) is 4.32 Å². The van der Waals surface area contributed by atoms with Gasteiger partial charge in [0.25, 0.3) is 5.91 Å². The number of ether oxygens (including phenoxy) is 1. The molecule has 0 radical (unpaired) electrons. The van der Waals surface area contributed by atoms with E-state index in [0.29, 0.717) is 11.5 Å². The normalized spacial score (nSPS) is 15.5. The number of nitrogens with zero attached hydrogens (tertiary/aromatic N) is 1. The van der Waals surface area contributed by atoms with E-state index in [2.05, 4.69) is 6.92 Å². The number of carbonyl (C=O) groups excluding carboxylic acids is 1. The molecule has 33 heavy (non-hydrogen) atoms. The summed E-state index contributed by atoms with van der Waals surface area (Å²) in [6.45, 7) is 2.87. The topological polar surface area (TPSA) is 29.5 Å². The van der Waals surface area contributed by atoms with E-state index in [1.807, 2.05) is 24.3 Å². The minimum atomic E-state index is -4.49. The van der Waals surface area contributed by atoms with Crippen LogP contribution in [-0.2, 0) is 11.0 Å². The van der Waals surface area contributed by atoms with Crippen LogP contribution in [0.25, 0.3) is 6.08 Å². The minimum Gasteiger partial charge on any atom is -0.494 e. The Morgan fingerprint density at radius 2 is 1.73 bits per heavy atom. The van der Waals surface area contributed by atoms with Crippen LogP contribution in [0.2, 0.25) is 0 Å². The third-order valence-electron chi connectivity index (χ3n) is 5.17. The molecular weight excluding hydrogens is 467 g/mol. The molecule has 1 heterocycles. The number of rotatable bonds is 10. The lowest BCUT2D eigenvalue weighted by Crippen LogP contribution is -2.27. The number of benzene rings is 2. The molecule has 176 valence electrons. The van der Waals surface area contributed by atoms with E-state index in [-0.39, 0.29) is 10.0 Å². The summed E-state index contributed by atoms with van der Waals surface area (Å²) in [5.41, 5.74) is 0.0650. The number of thioether (sulfide) groups is 1. The first-order valence-corrected chi connectivity index (χ1v) is 12.2. The van der Waals surface area contributed by atoms with Crippen molar-refractivity contribution in [1.29, 1.82) is 0 Å². The average molecular weight is 494 g/mol. The Bertz CT molecular complexity index is 1000. The second kappa shape index (κ2) is 11.7. The van der Waals surface area contributed by atoms with Gasteiger partial charge in [0, 0.05) is 0 Å². The van der Waals surface area contributed by atoms with Crippen LogP contribution < -0.4 is 9.64 Å². The van der Waals surface area contributed by atoms with Crippen molar-refractivity contribution < 1.29 is 22.7 Å². The summed E-state index contributed by atoms with van der Waals surface area (Å²) in [6, 6.07) is 12.0. The molecule has 0 aromatic heterocycles. The van der Waals surface area contributed by atoms with Gasteiger partial charge in [0.2, 0.25) is 0 Å². The zero-order chi connectivity index (χ0) is 23.8. The van der Waals surface area contributed by atoms with Crippen molar-refractivity contribution in [2.24, 2.45) is 0 Å². The monoisotopic (exact) mass is 493 g/mol. The largest absolute Gasteiger partial charge is 0.494 e. The van der Waals surface area contributed by atoms with Crippen molar-refractivity contribution in [3.8, 4) is 5.75 Å². The van der Waals surface area contributed by atoms with Crippen molar-refractivity contribution in [2.45, 2.75) is 51.6 Å². The van der Waals surface area contributed by atoms with E-state index in [9.17, 15) is 18.0 Å². The van der Waals surface area contributed by atoms with Gasteiger partial charge in [0.05, 0.1) is 22.8 Å². The lowest BCUT2D eigenvalue weighted by molar-refractivity contribution is -0.137. The first kappa shape index (κ1) is 25.3. The van der Waals surface area contributed by atoms with Crippen molar-refractivity contribution in [3.63, 3.8) is 0 Å². The number of alkyl halides is 3. The van der Waals surface area contributed by atoms with E-state index in [1.165, 1.54) is 37.8 Å². The Balaban J connectivity index is 1.60. The Morgan fingerprint density at radius 1 is 1.03 bits per heavy atom. The number of thiocarbonyl (C=S) groups is 1. The molecule has 3 nitrogen and oxygen atoms in total. The van der Waals surface area contributed by atoms with Crippen LogP contribution in [-0.4, -0.2) is 16.8 Å². The maximum Gasteiger partial charge on any atom is 0.416 e. The van der Waals surface area contributed by atoms with E-state index in [1.54, 1.807) is 6.08 Å². The molecule has 0 bridgehead atoms. The van der Waals surface area contributed by atoms with Crippen LogP contribution in [0.4, 0.5) is 18.9 Å². The van der Waals surface area contributed by atoms with Gasteiger partial charge in [-0.2, -0.15) is 13.2 Å². The first-order valence-electron chi connectivity index (χ1n) is 11.0. The smallest absolute Gasteiger partial charge is 0.416 e. The van der Waals surface area contributed by atoms with Crippen LogP contribution >= 0.6 is 24.0 Å². The van der Waals surface area contributed by atoms with Crippen molar-refractivity contribution >= 4 is 46.0 Å². The Hall–Kier alpha value is -2.32. The van der Waals surface area contributed by atoms with Gasteiger partial charge in [-0.1, -0.05) is 81.2 Å². The second-order valence-electron chi connectivity index (χ2n) is 7.75. The first-order chi connectivity index (χ1) is 15.8. The molecule has 0 N–H and O–H groups in total. The second-order valence-corrected chi connectivity index (χ2v) is 9.43. The van der Waals surface area contributed by atoms with Gasteiger partial charge in [-0.15, -0.1) is 0 Å². The lowest BCUT2D eigenvalue weighted by Gasteiger charge is -2.16. The lowest BCUT2D eigenvalue weighted by atomic mass is 10.1. The van der Waals surface area contributed by atoms with Crippen molar-refractivity contribution in [1.82, 2.24) is 0 Å². The number of anilines is 1. The van der Waals surface area contributed by atoms with E-state index in [0.717, 1.165) is 52.9 Å². The third-order valence-corrected chi connectivity index (χ3v) is 6.47. The zero-order valence-corrected chi connectivity index (χ0v) is 20.0. The summed E-state index contributed by atoms with van der Waals surface area (Å²) in [4.78, 5) is 14.4. The van der Waals surface area contributed by atoms with Gasteiger partial charge in [-0.25, -0.2) is 0 Å². The highest BCUT2D eigenvalue weighted by atomic mass is 32.2. The number of carbonyl (C=O) groups is 1. The summed E-state index contributed by atoms with van der Waals surface area (Å²) >= 11 is 6.34. The Kier molecular flexibility index (Phi) is 8.97. The maximum atomic E-state index is 13.0. The number of hydrogen-bond donors (Lipinski definition) is 0. The highest BCUT2D eigenvalue weighted by molar-refractivity contribution is 8.27. The molecule has 2 aromatic rings. The summed E-state index contributed by atoms with van der Waals surface area (Å²) < 4.78 is 45.1. The summed E-state index contributed by atoms with van der Waals surface area (Å²) in [5.74, 6) is 0.324. The standard InChI is InChI=1S/C25H26F3NO2S2/c1-2-3-4-5-6-7-15-31-21-13-11-18(12-14-21)16-22-23(30)29(24(32)33-22)20-10-8-9-19(17-20)25(26,27)28/h8-14,16-17H,2-7,15H2,1H3/b22-16-. The van der Waals surface area contributed by atoms with Crippen LogP contribution in [0.1, 0.15) is 56.6 Å². The Morgan fingerprint density at radius 3 is 2.42 bits per heavy atom. The summed E-state index contributed by atoms with van der Waals surface area (Å²) in [7, 11) is 0. The van der Waals surface area contributed by atoms with E-state index >= 15 is 0 Å². The van der Waals surface area contributed by atoms with E-state index < -0.39 is 17.6 Å². The quantitative estimate of drug-likeness (QED) is 0.191. The number of unbranched alkanes of at least 4 members (excludes halogenated alkanes) is 5. The highest BCUT2D eigenvalue weighted by Gasteiger charge is 2.36. The molecule has 0 atom stereocenters. The number of halogens is 3. The fraction of sp³-hybridized carbons (Fsp3) is 0.360. The Labute approximate surface area is 202 Å². The molecule has 1 saturated heterocycles. The number of hydrogen-bond acceptors (Lipinski definition) is 4. The molecule has 2 aromatic carbocycles. The number of amides is 1. The van der Waals surface area contributed by atoms with Gasteiger partial charge in [-0.3, -0.25) is 9.69 Å². The van der Waals surface area contributed by atoms with Gasteiger partial charge in [-0.05, 0) is 48.4 Å². The predicted molar refractivity (Wildman–Crippen MR) is 132 cm³/mol. The predicted octanol–water partition coefficient (Wildman–Crippen LogP) is 7.85. The van der Waals surface area contributed by atoms with Crippen LogP contribution in [0.15, 0.2) is 53.4 Å². The van der Waals surface area contributed by atoms with Gasteiger partial charge in [0.1, 0.15) is 5.75 Å². The minimum absolute atomic E-state index is 0.106. The van der Waals surface area contributed by atoms with Crippen molar-refractivity contribution in [2.75, 3.05) is 11.5 Å². The van der Waals surface area contributed by atoms with Crippen LogP contribution in [0, 0.1) is 0 Å². The fourth-order valence-corrected chi connectivity index (χ4v) is 4.69. The summed E-state index contributed by atoms with van der Waals surface area (Å²) in [5, 5.41) is 0. The molecule has 0 aliphatic carbocycles. The summed E-state index contributed by atoms with van der Waals surface area (Å²) in [6.07, 6.45) is 4.38. The molecule has 0 unspecified atom stereocenters. The van der Waals surface area contributed by atoms with Crippen LogP contribution in [0.3, 0.4) is 0 Å². The molecule has 8 heteroatoms. The SMILES string of the molecule is CCCCCCCCOc1ccc(/C=C2\SC(=S)N(c3cccc(C(F)(F)F)c3)C2=O)cc1. The van der Waals surface area contributed by atoms with E-state index in [4.69, 9.17) is 17.0 Å². The molecule has 3 rings (SSSR count). The van der Waals surface area contributed by atoms with Crippen molar-refractivity contribution in [3.05, 3.63) is 64.6 Å². The molecule has 1 amide bonds. The molecule has 1 aliphatic heterocycles. The highest BCUT2D eigenvalue weighted by Crippen LogP contribution is 2.38. The van der Waals surface area contributed by atoms with Gasteiger partial charge < -0.3 is 4.74 Å². The molecule has 1 fully saturated rings. The molecule has 1 aliphatic rings. The molecule has 0 spiro atoms. The average Bonchev–Trinajstić information content (AvgIpc) is 3.06. The molecule has 0 saturated carbocycles. The third kappa shape index (κ3) is 7.08. The van der Waals surface area contributed by atoms with Crippen LogP contribution in [0.5, 0.6) is 5.75 Å². The maximum absolute atomic E-state index is 13.0.